The van der Waals surface area contributed by atoms with Crippen molar-refractivity contribution in [2.24, 2.45) is 0 Å². The molecule has 0 aliphatic carbocycles. The summed E-state index contributed by atoms with van der Waals surface area (Å²) in [5.41, 5.74) is 1.13. The van der Waals surface area contributed by atoms with Crippen molar-refractivity contribution in [3.8, 4) is 0 Å². The lowest BCUT2D eigenvalue weighted by molar-refractivity contribution is 0.173. The molecule has 2 rings (SSSR count). The van der Waals surface area contributed by atoms with Gasteiger partial charge in [-0.2, -0.15) is 0 Å². The molecule has 1 unspecified atom stereocenters. The van der Waals surface area contributed by atoms with E-state index in [2.05, 4.69) is 31.9 Å². The van der Waals surface area contributed by atoms with Gasteiger partial charge in [0.1, 0.15) is 5.82 Å². The zero-order chi connectivity index (χ0) is 14.0. The number of hydrogen-bond acceptors (Lipinski definition) is 1. The Hall–Kier alpha value is -0.420. The maximum atomic E-state index is 13.8. The third kappa shape index (κ3) is 3.78. The summed E-state index contributed by atoms with van der Waals surface area (Å²) in [6.45, 7) is 0. The highest BCUT2D eigenvalue weighted by Crippen LogP contribution is 2.30. The van der Waals surface area contributed by atoms with Crippen molar-refractivity contribution in [3.63, 3.8) is 0 Å². The van der Waals surface area contributed by atoms with Crippen molar-refractivity contribution in [3.05, 3.63) is 67.3 Å². The minimum Gasteiger partial charge on any atom is -0.388 e. The molecular weight excluding hydrogens is 398 g/mol. The molecule has 1 nitrogen and oxygen atoms in total. The van der Waals surface area contributed by atoms with E-state index >= 15 is 0 Å². The summed E-state index contributed by atoms with van der Waals surface area (Å²) >= 11 is 12.4. The Morgan fingerprint density at radius 2 is 1.79 bits per heavy atom. The zero-order valence-corrected chi connectivity index (χ0v) is 13.6. The van der Waals surface area contributed by atoms with Crippen LogP contribution in [0.15, 0.2) is 45.3 Å². The molecule has 0 amide bonds. The van der Waals surface area contributed by atoms with Crippen molar-refractivity contribution in [1.29, 1.82) is 0 Å². The van der Waals surface area contributed by atoms with Crippen molar-refractivity contribution in [2.45, 2.75) is 12.5 Å². The van der Waals surface area contributed by atoms with Gasteiger partial charge in [-0.15, -0.1) is 0 Å². The number of aliphatic hydroxyl groups is 1. The van der Waals surface area contributed by atoms with Gasteiger partial charge >= 0.3 is 0 Å². The van der Waals surface area contributed by atoms with Crippen LogP contribution in [0.2, 0.25) is 5.02 Å². The fourth-order valence-corrected chi connectivity index (χ4v) is 2.50. The SMILES string of the molecule is OC(Cc1ccc(Br)cc1)c1cc(Cl)c(Br)cc1F. The monoisotopic (exact) mass is 406 g/mol. The first kappa shape index (κ1) is 15.0. The second kappa shape index (κ2) is 6.35. The van der Waals surface area contributed by atoms with Gasteiger partial charge in [0.15, 0.2) is 0 Å². The smallest absolute Gasteiger partial charge is 0.130 e. The number of hydrogen-bond donors (Lipinski definition) is 1. The van der Waals surface area contributed by atoms with Crippen LogP contribution in [-0.2, 0) is 6.42 Å². The van der Waals surface area contributed by atoms with Gasteiger partial charge < -0.3 is 5.11 Å². The number of aliphatic hydroxyl groups excluding tert-OH is 1. The predicted octanol–water partition coefficient (Wildman–Crippen LogP) is 5.28. The standard InChI is InChI=1S/C14H10Br2ClFO/c15-9-3-1-8(2-4-9)5-14(19)10-6-12(17)11(16)7-13(10)18/h1-4,6-7,14,19H,5H2. The molecule has 0 radical (unpaired) electrons. The Bertz CT molecular complexity index is 587. The van der Waals surface area contributed by atoms with E-state index in [1.165, 1.54) is 12.1 Å². The van der Waals surface area contributed by atoms with E-state index < -0.39 is 11.9 Å². The molecule has 19 heavy (non-hydrogen) atoms. The third-order valence-corrected chi connectivity index (χ3v) is 4.47. The first-order valence-corrected chi connectivity index (χ1v) is 7.50. The highest BCUT2D eigenvalue weighted by atomic mass is 79.9. The van der Waals surface area contributed by atoms with E-state index in [-0.39, 0.29) is 5.56 Å². The zero-order valence-electron chi connectivity index (χ0n) is 9.71. The van der Waals surface area contributed by atoms with Crippen molar-refractivity contribution in [2.75, 3.05) is 0 Å². The molecule has 0 spiro atoms. The molecule has 0 aliphatic rings. The first-order chi connectivity index (χ1) is 8.97. The first-order valence-electron chi connectivity index (χ1n) is 5.54. The summed E-state index contributed by atoms with van der Waals surface area (Å²) < 4.78 is 15.2. The third-order valence-electron chi connectivity index (χ3n) is 2.74. The van der Waals surface area contributed by atoms with Crippen LogP contribution in [-0.4, -0.2) is 5.11 Å². The van der Waals surface area contributed by atoms with Crippen molar-refractivity contribution in [1.82, 2.24) is 0 Å². The Labute approximate surface area is 132 Å². The fourth-order valence-electron chi connectivity index (χ4n) is 1.75. The number of benzene rings is 2. The summed E-state index contributed by atoms with van der Waals surface area (Å²) in [6, 6.07) is 10.2. The molecule has 0 bridgehead atoms. The molecule has 2 aromatic rings. The lowest BCUT2D eigenvalue weighted by Crippen LogP contribution is -2.04. The second-order valence-corrected chi connectivity index (χ2v) is 6.31. The highest BCUT2D eigenvalue weighted by molar-refractivity contribution is 9.10. The van der Waals surface area contributed by atoms with E-state index in [4.69, 9.17) is 11.6 Å². The number of halogens is 4. The van der Waals surface area contributed by atoms with Crippen LogP contribution in [0.3, 0.4) is 0 Å². The molecule has 0 saturated heterocycles. The highest BCUT2D eigenvalue weighted by Gasteiger charge is 2.15. The fraction of sp³-hybridized carbons (Fsp3) is 0.143. The van der Waals surface area contributed by atoms with E-state index in [0.717, 1.165) is 10.0 Å². The molecule has 0 fully saturated rings. The minimum atomic E-state index is -0.924. The van der Waals surface area contributed by atoms with E-state index in [0.29, 0.717) is 15.9 Å². The lowest BCUT2D eigenvalue weighted by atomic mass is 10.0. The quantitative estimate of drug-likeness (QED) is 0.685. The van der Waals surface area contributed by atoms with Gasteiger partial charge in [0, 0.05) is 20.9 Å². The second-order valence-electron chi connectivity index (χ2n) is 4.13. The van der Waals surface area contributed by atoms with Gasteiger partial charge in [-0.05, 0) is 45.8 Å². The van der Waals surface area contributed by atoms with Gasteiger partial charge in [-0.3, -0.25) is 0 Å². The van der Waals surface area contributed by atoms with Crippen LogP contribution >= 0.6 is 43.5 Å². The van der Waals surface area contributed by atoms with Gasteiger partial charge in [-0.1, -0.05) is 39.7 Å². The van der Waals surface area contributed by atoms with Gasteiger partial charge in [0.25, 0.3) is 0 Å². The minimum absolute atomic E-state index is 0.205. The molecule has 0 aliphatic heterocycles. The van der Waals surface area contributed by atoms with Gasteiger partial charge in [0.2, 0.25) is 0 Å². The largest absolute Gasteiger partial charge is 0.388 e. The molecule has 1 atom stereocenters. The maximum Gasteiger partial charge on any atom is 0.130 e. The molecule has 0 saturated carbocycles. The van der Waals surface area contributed by atoms with Gasteiger partial charge in [0.05, 0.1) is 11.1 Å². The molecule has 5 heteroatoms. The van der Waals surface area contributed by atoms with Crippen LogP contribution in [0, 0.1) is 5.82 Å². The van der Waals surface area contributed by atoms with Crippen molar-refractivity contribution >= 4 is 43.5 Å². The Morgan fingerprint density at radius 3 is 2.42 bits per heavy atom. The van der Waals surface area contributed by atoms with Crippen LogP contribution < -0.4 is 0 Å². The topological polar surface area (TPSA) is 20.2 Å². The maximum absolute atomic E-state index is 13.8. The van der Waals surface area contributed by atoms with Crippen LogP contribution in [0.25, 0.3) is 0 Å². The Morgan fingerprint density at radius 1 is 1.16 bits per heavy atom. The van der Waals surface area contributed by atoms with E-state index in [1.807, 2.05) is 24.3 Å². The average Bonchev–Trinajstić information content (AvgIpc) is 2.36. The Kier molecular flexibility index (Phi) is 5.01. The predicted molar refractivity (Wildman–Crippen MR) is 81.9 cm³/mol. The van der Waals surface area contributed by atoms with Crippen LogP contribution in [0.5, 0.6) is 0 Å². The summed E-state index contributed by atoms with van der Waals surface area (Å²) in [4.78, 5) is 0. The van der Waals surface area contributed by atoms with E-state index in [1.54, 1.807) is 0 Å². The molecule has 2 aromatic carbocycles. The molecular formula is C14H10Br2ClFO. The summed E-state index contributed by atoms with van der Waals surface area (Å²) in [6.07, 6.45) is -0.589. The lowest BCUT2D eigenvalue weighted by Gasteiger charge is -2.13. The molecule has 0 heterocycles. The number of rotatable bonds is 3. The molecule has 100 valence electrons. The molecule has 1 N–H and O–H groups in total. The Balaban J connectivity index is 2.22. The normalized spacial score (nSPS) is 12.5. The van der Waals surface area contributed by atoms with E-state index in [9.17, 15) is 9.50 Å². The summed E-state index contributed by atoms with van der Waals surface area (Å²) in [7, 11) is 0. The summed E-state index contributed by atoms with van der Waals surface area (Å²) in [5, 5.41) is 10.5. The average molecular weight is 408 g/mol. The van der Waals surface area contributed by atoms with Crippen LogP contribution in [0.4, 0.5) is 4.39 Å². The van der Waals surface area contributed by atoms with Crippen molar-refractivity contribution < 1.29 is 9.50 Å². The van der Waals surface area contributed by atoms with Gasteiger partial charge in [-0.25, -0.2) is 4.39 Å². The molecule has 0 aromatic heterocycles. The van der Waals surface area contributed by atoms with Crippen LogP contribution in [0.1, 0.15) is 17.2 Å². The summed E-state index contributed by atoms with van der Waals surface area (Å²) in [5.74, 6) is -0.471.